The fraction of sp³-hybridized carbons (Fsp3) is 0.231. The van der Waals surface area contributed by atoms with Crippen LogP contribution in [0, 0.1) is 11.3 Å². The minimum Gasteiger partial charge on any atom is -0.293 e. The first-order chi connectivity index (χ1) is 9.69. The third-order valence-corrected chi connectivity index (χ3v) is 5.40. The van der Waals surface area contributed by atoms with Gasteiger partial charge < -0.3 is 0 Å². The van der Waals surface area contributed by atoms with Crippen LogP contribution in [-0.4, -0.2) is 27.0 Å². The molecule has 0 N–H and O–H groups in total. The number of hydrogen-bond acceptors (Lipinski definition) is 7. The van der Waals surface area contributed by atoms with Crippen molar-refractivity contribution in [2.75, 3.05) is 5.75 Å². The number of nitriles is 1. The molecule has 2 rings (SSSR count). The fourth-order valence-corrected chi connectivity index (χ4v) is 4.26. The van der Waals surface area contributed by atoms with Gasteiger partial charge in [-0.1, -0.05) is 65.2 Å². The maximum absolute atomic E-state index is 11.9. The lowest BCUT2D eigenvalue weighted by molar-refractivity contribution is 0.102. The van der Waals surface area contributed by atoms with E-state index in [1.807, 2.05) is 25.1 Å². The van der Waals surface area contributed by atoms with Crippen molar-refractivity contribution in [2.45, 2.75) is 20.9 Å². The monoisotopic (exact) mass is 321 g/mol. The third-order valence-electron chi connectivity index (χ3n) is 2.27. The van der Waals surface area contributed by atoms with E-state index >= 15 is 0 Å². The van der Waals surface area contributed by atoms with Crippen LogP contribution in [0.2, 0.25) is 0 Å². The Kier molecular flexibility index (Phi) is 5.59. The van der Waals surface area contributed by atoms with Crippen molar-refractivity contribution in [2.24, 2.45) is 0 Å². The fourth-order valence-electron chi connectivity index (χ4n) is 1.32. The van der Waals surface area contributed by atoms with Crippen LogP contribution in [0.4, 0.5) is 0 Å². The summed E-state index contributed by atoms with van der Waals surface area (Å²) >= 11 is 4.17. The first-order valence-corrected chi connectivity index (χ1v) is 8.48. The average Bonchev–Trinajstić information content (AvgIpc) is 2.93. The van der Waals surface area contributed by atoms with Crippen molar-refractivity contribution < 1.29 is 4.79 Å². The van der Waals surface area contributed by atoms with Crippen LogP contribution in [0.25, 0.3) is 0 Å². The normalized spacial score (nSPS) is 11.8. The lowest BCUT2D eigenvalue weighted by atomic mass is 10.2. The summed E-state index contributed by atoms with van der Waals surface area (Å²) in [6, 6.07) is 11.3. The molecule has 20 heavy (non-hydrogen) atoms. The van der Waals surface area contributed by atoms with Crippen LogP contribution in [0.1, 0.15) is 17.3 Å². The first kappa shape index (κ1) is 15.0. The van der Waals surface area contributed by atoms with Gasteiger partial charge in [-0.25, -0.2) is 0 Å². The van der Waals surface area contributed by atoms with E-state index in [-0.39, 0.29) is 11.0 Å². The number of benzene rings is 1. The van der Waals surface area contributed by atoms with Gasteiger partial charge >= 0.3 is 0 Å². The second kappa shape index (κ2) is 7.43. The number of rotatable bonds is 6. The zero-order valence-corrected chi connectivity index (χ0v) is 13.1. The van der Waals surface area contributed by atoms with E-state index in [1.54, 1.807) is 12.1 Å². The summed E-state index contributed by atoms with van der Waals surface area (Å²) < 4.78 is 1.51. The highest BCUT2D eigenvalue weighted by atomic mass is 32.2. The molecule has 0 aliphatic heterocycles. The van der Waals surface area contributed by atoms with Crippen LogP contribution in [0.15, 0.2) is 39.0 Å². The molecule has 0 fully saturated rings. The van der Waals surface area contributed by atoms with E-state index in [4.69, 9.17) is 5.26 Å². The van der Waals surface area contributed by atoms with Crippen LogP contribution < -0.4 is 0 Å². The summed E-state index contributed by atoms with van der Waals surface area (Å²) in [5.41, 5.74) is 0.706. The van der Waals surface area contributed by atoms with Crippen molar-refractivity contribution in [3.8, 4) is 6.07 Å². The van der Waals surface area contributed by atoms with Gasteiger partial charge in [-0.3, -0.25) is 4.79 Å². The van der Waals surface area contributed by atoms with Gasteiger partial charge in [-0.15, -0.1) is 10.2 Å². The van der Waals surface area contributed by atoms with E-state index in [2.05, 4.69) is 16.3 Å². The molecule has 0 amide bonds. The number of hydrogen-bond donors (Lipinski definition) is 0. The maximum atomic E-state index is 11.9. The molecule has 0 radical (unpaired) electrons. The summed E-state index contributed by atoms with van der Waals surface area (Å²) in [6.45, 7) is 1.82. The minimum atomic E-state index is -0.147. The largest absolute Gasteiger partial charge is 0.293 e. The summed E-state index contributed by atoms with van der Waals surface area (Å²) in [4.78, 5) is 11.9. The number of nitrogens with zero attached hydrogens (tertiary/aromatic N) is 3. The van der Waals surface area contributed by atoms with Gasteiger partial charge in [0.25, 0.3) is 0 Å². The zero-order chi connectivity index (χ0) is 14.4. The predicted molar refractivity (Wildman–Crippen MR) is 82.3 cm³/mol. The number of carbonyl (C=O) groups is 1. The Bertz CT molecular complexity index is 621. The standard InChI is InChI=1S/C13H11N3OS3/c1-9(7-14)19-13-16-15-12(20-13)18-8-11(17)10-5-3-2-4-6-10/h2-6,9H,8H2,1H3/t9-/m1/s1. The molecule has 0 aliphatic carbocycles. The van der Waals surface area contributed by atoms with Crippen LogP contribution >= 0.6 is 34.9 Å². The topological polar surface area (TPSA) is 66.6 Å². The first-order valence-electron chi connectivity index (χ1n) is 5.80. The molecule has 0 saturated heterocycles. The Morgan fingerprint density at radius 2 is 2.05 bits per heavy atom. The summed E-state index contributed by atoms with van der Waals surface area (Å²) in [5, 5.41) is 16.6. The maximum Gasteiger partial charge on any atom is 0.176 e. The molecule has 1 aromatic carbocycles. The van der Waals surface area contributed by atoms with Crippen LogP contribution in [-0.2, 0) is 0 Å². The molecule has 1 aromatic heterocycles. The SMILES string of the molecule is C[C@H](C#N)Sc1nnc(SCC(=O)c2ccccc2)s1. The summed E-state index contributed by atoms with van der Waals surface area (Å²) in [5.74, 6) is 0.419. The highest BCUT2D eigenvalue weighted by molar-refractivity contribution is 8.03. The van der Waals surface area contributed by atoms with Crippen LogP contribution in [0.3, 0.4) is 0 Å². The van der Waals surface area contributed by atoms with Crippen molar-refractivity contribution in [3.05, 3.63) is 35.9 Å². The van der Waals surface area contributed by atoms with Gasteiger partial charge in [-0.2, -0.15) is 5.26 Å². The van der Waals surface area contributed by atoms with Gasteiger partial charge in [0.1, 0.15) is 0 Å². The molecule has 1 atom stereocenters. The molecule has 7 heteroatoms. The van der Waals surface area contributed by atoms with Gasteiger partial charge in [0, 0.05) is 5.56 Å². The van der Waals surface area contributed by atoms with Crippen molar-refractivity contribution in [3.63, 3.8) is 0 Å². The molecule has 2 aromatic rings. The number of aromatic nitrogens is 2. The van der Waals surface area contributed by atoms with Crippen molar-refractivity contribution >= 4 is 40.6 Å². The molecule has 0 aliphatic rings. The molecule has 102 valence electrons. The van der Waals surface area contributed by atoms with Gasteiger partial charge in [0.15, 0.2) is 14.5 Å². The van der Waals surface area contributed by atoms with Crippen molar-refractivity contribution in [1.82, 2.24) is 10.2 Å². The average molecular weight is 321 g/mol. The smallest absolute Gasteiger partial charge is 0.176 e. The molecule has 0 spiro atoms. The Balaban J connectivity index is 1.89. The minimum absolute atomic E-state index is 0.0744. The van der Waals surface area contributed by atoms with E-state index in [9.17, 15) is 4.79 Å². The molecular formula is C13H11N3OS3. The molecular weight excluding hydrogens is 310 g/mol. The number of carbonyl (C=O) groups excluding carboxylic acids is 1. The van der Waals surface area contributed by atoms with Gasteiger partial charge in [0.05, 0.1) is 17.1 Å². The van der Waals surface area contributed by atoms with Gasteiger partial charge in [0.2, 0.25) is 0 Å². The number of Topliss-reactive ketones (excluding diaryl/α,β-unsaturated/α-hetero) is 1. The Morgan fingerprint density at radius 3 is 2.75 bits per heavy atom. The molecule has 0 saturated carbocycles. The molecule has 0 unspecified atom stereocenters. The van der Waals surface area contributed by atoms with E-state index < -0.39 is 0 Å². The Morgan fingerprint density at radius 1 is 1.35 bits per heavy atom. The lowest BCUT2D eigenvalue weighted by Crippen LogP contribution is -2.01. The third kappa shape index (κ3) is 4.34. The quantitative estimate of drug-likeness (QED) is 0.599. The van der Waals surface area contributed by atoms with Crippen molar-refractivity contribution in [1.29, 1.82) is 5.26 Å². The second-order valence-electron chi connectivity index (χ2n) is 3.80. The van der Waals surface area contributed by atoms with E-state index in [0.717, 1.165) is 8.68 Å². The van der Waals surface area contributed by atoms with E-state index in [1.165, 1.54) is 34.9 Å². The lowest BCUT2D eigenvalue weighted by Gasteiger charge is -1.98. The summed E-state index contributed by atoms with van der Waals surface area (Å²) in [6.07, 6.45) is 0. The zero-order valence-electron chi connectivity index (χ0n) is 10.6. The Labute approximate surface area is 129 Å². The molecule has 4 nitrogen and oxygen atoms in total. The predicted octanol–water partition coefficient (Wildman–Crippen LogP) is 3.52. The summed E-state index contributed by atoms with van der Waals surface area (Å²) in [7, 11) is 0. The highest BCUT2D eigenvalue weighted by Gasteiger charge is 2.11. The highest BCUT2D eigenvalue weighted by Crippen LogP contribution is 2.31. The number of ketones is 1. The van der Waals surface area contributed by atoms with Crippen LogP contribution in [0.5, 0.6) is 0 Å². The molecule has 1 heterocycles. The molecule has 0 bridgehead atoms. The van der Waals surface area contributed by atoms with Gasteiger partial charge in [-0.05, 0) is 6.92 Å². The number of thioether (sulfide) groups is 2. The second-order valence-corrected chi connectivity index (χ2v) is 7.59. The van der Waals surface area contributed by atoms with E-state index in [0.29, 0.717) is 11.3 Å². The Hall–Kier alpha value is -1.36.